The predicted molar refractivity (Wildman–Crippen MR) is 80.6 cm³/mol. The minimum Gasteiger partial charge on any atom is -0.497 e. The molecule has 0 saturated heterocycles. The summed E-state index contributed by atoms with van der Waals surface area (Å²) in [6.07, 6.45) is 0.838. The molecule has 1 amide bonds. The summed E-state index contributed by atoms with van der Waals surface area (Å²) in [4.78, 5) is 15.7. The van der Waals surface area contributed by atoms with E-state index in [-0.39, 0.29) is 5.91 Å². The van der Waals surface area contributed by atoms with Crippen molar-refractivity contribution in [2.24, 2.45) is 5.73 Å². The van der Waals surface area contributed by atoms with Crippen LogP contribution < -0.4 is 10.5 Å². The number of methoxy groups -OCH3 is 1. The van der Waals surface area contributed by atoms with E-state index >= 15 is 0 Å². The topological polar surface area (TPSA) is 58.8 Å². The molecule has 0 fully saturated rings. The van der Waals surface area contributed by atoms with Crippen LogP contribution in [0.1, 0.15) is 12.0 Å². The fraction of sp³-hybridized carbons (Fsp3) is 0.533. The first-order valence-corrected chi connectivity index (χ1v) is 6.82. The summed E-state index contributed by atoms with van der Waals surface area (Å²) in [5, 5.41) is 0. The fourth-order valence-corrected chi connectivity index (χ4v) is 1.90. The minimum atomic E-state index is 0.120. The van der Waals surface area contributed by atoms with Gasteiger partial charge in [-0.3, -0.25) is 9.69 Å². The molecule has 0 aromatic heterocycles. The number of rotatable bonds is 8. The van der Waals surface area contributed by atoms with Crippen LogP contribution in [0.4, 0.5) is 0 Å². The Kier molecular flexibility index (Phi) is 7.04. The Labute approximate surface area is 121 Å². The Balaban J connectivity index is 2.41. The maximum atomic E-state index is 12.0. The van der Waals surface area contributed by atoms with Gasteiger partial charge in [0.2, 0.25) is 5.91 Å². The normalized spacial score (nSPS) is 10.7. The number of hydrogen-bond donors (Lipinski definition) is 1. The number of hydrogen-bond acceptors (Lipinski definition) is 4. The van der Waals surface area contributed by atoms with Gasteiger partial charge in [0.05, 0.1) is 13.7 Å². The van der Waals surface area contributed by atoms with Crippen molar-refractivity contribution in [3.05, 3.63) is 29.8 Å². The first-order chi connectivity index (χ1) is 9.56. The molecule has 112 valence electrons. The summed E-state index contributed by atoms with van der Waals surface area (Å²) >= 11 is 0. The van der Waals surface area contributed by atoms with E-state index in [2.05, 4.69) is 0 Å². The number of ether oxygens (including phenoxy) is 1. The van der Waals surface area contributed by atoms with Gasteiger partial charge in [-0.1, -0.05) is 12.1 Å². The van der Waals surface area contributed by atoms with E-state index in [1.807, 2.05) is 43.3 Å². The molecule has 20 heavy (non-hydrogen) atoms. The standard InChI is InChI=1S/C15H25N3O2/c1-17(12-15(19)18(2)10-4-9-16)11-13-5-7-14(20-3)8-6-13/h5-8H,4,9-12,16H2,1-3H3. The second kappa shape index (κ2) is 8.55. The smallest absolute Gasteiger partial charge is 0.236 e. The van der Waals surface area contributed by atoms with Crippen LogP contribution >= 0.6 is 0 Å². The molecular weight excluding hydrogens is 254 g/mol. The maximum Gasteiger partial charge on any atom is 0.236 e. The summed E-state index contributed by atoms with van der Waals surface area (Å²) in [6.45, 7) is 2.47. The van der Waals surface area contributed by atoms with Crippen molar-refractivity contribution in [2.75, 3.05) is 40.8 Å². The van der Waals surface area contributed by atoms with Crippen molar-refractivity contribution in [3.63, 3.8) is 0 Å². The van der Waals surface area contributed by atoms with Gasteiger partial charge in [0.1, 0.15) is 5.75 Å². The molecule has 0 unspecified atom stereocenters. The number of nitrogens with zero attached hydrogens (tertiary/aromatic N) is 2. The number of amides is 1. The van der Waals surface area contributed by atoms with Crippen molar-refractivity contribution in [3.8, 4) is 5.75 Å². The van der Waals surface area contributed by atoms with Gasteiger partial charge < -0.3 is 15.4 Å². The van der Waals surface area contributed by atoms with Crippen LogP contribution in [0.3, 0.4) is 0 Å². The Hall–Kier alpha value is -1.59. The van der Waals surface area contributed by atoms with Crippen LogP contribution in [-0.2, 0) is 11.3 Å². The van der Waals surface area contributed by atoms with Crippen LogP contribution in [0.25, 0.3) is 0 Å². The van der Waals surface area contributed by atoms with E-state index in [4.69, 9.17) is 10.5 Å². The van der Waals surface area contributed by atoms with Gasteiger partial charge in [-0.2, -0.15) is 0 Å². The van der Waals surface area contributed by atoms with Crippen LogP contribution in [0.5, 0.6) is 5.75 Å². The van der Waals surface area contributed by atoms with Gasteiger partial charge in [-0.05, 0) is 37.7 Å². The summed E-state index contributed by atoms with van der Waals surface area (Å²) in [6, 6.07) is 7.88. The summed E-state index contributed by atoms with van der Waals surface area (Å²) < 4.78 is 5.12. The molecule has 5 nitrogen and oxygen atoms in total. The number of carbonyl (C=O) groups is 1. The lowest BCUT2D eigenvalue weighted by atomic mass is 10.2. The molecule has 0 aliphatic heterocycles. The van der Waals surface area contributed by atoms with Crippen LogP contribution in [0, 0.1) is 0 Å². The lowest BCUT2D eigenvalue weighted by Crippen LogP contribution is -2.37. The monoisotopic (exact) mass is 279 g/mol. The molecule has 0 aliphatic rings. The maximum absolute atomic E-state index is 12.0. The summed E-state index contributed by atoms with van der Waals surface area (Å²) in [5.74, 6) is 0.962. The molecule has 0 bridgehead atoms. The minimum absolute atomic E-state index is 0.120. The van der Waals surface area contributed by atoms with Crippen molar-refractivity contribution >= 4 is 5.91 Å². The molecule has 0 aliphatic carbocycles. The molecule has 2 N–H and O–H groups in total. The van der Waals surface area contributed by atoms with Gasteiger partial charge in [-0.15, -0.1) is 0 Å². The van der Waals surface area contributed by atoms with Gasteiger partial charge in [-0.25, -0.2) is 0 Å². The van der Waals surface area contributed by atoms with Crippen LogP contribution in [0.15, 0.2) is 24.3 Å². The Morgan fingerprint density at radius 3 is 2.45 bits per heavy atom. The highest BCUT2D eigenvalue weighted by Gasteiger charge is 2.11. The van der Waals surface area contributed by atoms with E-state index in [0.717, 1.165) is 24.3 Å². The SMILES string of the molecule is COc1ccc(CN(C)CC(=O)N(C)CCCN)cc1. The van der Waals surface area contributed by atoms with E-state index < -0.39 is 0 Å². The van der Waals surface area contributed by atoms with E-state index in [9.17, 15) is 4.79 Å². The molecule has 0 radical (unpaired) electrons. The highest BCUT2D eigenvalue weighted by Crippen LogP contribution is 2.12. The average molecular weight is 279 g/mol. The lowest BCUT2D eigenvalue weighted by Gasteiger charge is -2.21. The largest absolute Gasteiger partial charge is 0.497 e. The van der Waals surface area contributed by atoms with Crippen molar-refractivity contribution in [2.45, 2.75) is 13.0 Å². The molecule has 0 saturated carbocycles. The third-order valence-corrected chi connectivity index (χ3v) is 3.14. The Morgan fingerprint density at radius 1 is 1.25 bits per heavy atom. The number of likely N-dealkylation sites (N-methyl/N-ethyl adjacent to an activating group) is 2. The molecule has 0 spiro atoms. The lowest BCUT2D eigenvalue weighted by molar-refractivity contribution is -0.130. The zero-order valence-electron chi connectivity index (χ0n) is 12.6. The first kappa shape index (κ1) is 16.5. The predicted octanol–water partition coefficient (Wildman–Crippen LogP) is 0.934. The summed E-state index contributed by atoms with van der Waals surface area (Å²) in [7, 11) is 5.41. The number of nitrogens with two attached hydrogens (primary N) is 1. The Bertz CT molecular complexity index is 406. The second-order valence-electron chi connectivity index (χ2n) is 4.98. The molecule has 0 atom stereocenters. The van der Waals surface area contributed by atoms with Crippen molar-refractivity contribution in [1.29, 1.82) is 0 Å². The van der Waals surface area contributed by atoms with Crippen LogP contribution in [0.2, 0.25) is 0 Å². The zero-order valence-corrected chi connectivity index (χ0v) is 12.6. The van der Waals surface area contributed by atoms with Gasteiger partial charge in [0.15, 0.2) is 0 Å². The molecule has 0 heterocycles. The fourth-order valence-electron chi connectivity index (χ4n) is 1.90. The number of carbonyl (C=O) groups excluding carboxylic acids is 1. The van der Waals surface area contributed by atoms with Crippen molar-refractivity contribution < 1.29 is 9.53 Å². The van der Waals surface area contributed by atoms with Gasteiger partial charge >= 0.3 is 0 Å². The highest BCUT2D eigenvalue weighted by atomic mass is 16.5. The van der Waals surface area contributed by atoms with Crippen molar-refractivity contribution in [1.82, 2.24) is 9.80 Å². The first-order valence-electron chi connectivity index (χ1n) is 6.82. The molecular formula is C15H25N3O2. The number of benzene rings is 1. The quantitative estimate of drug-likeness (QED) is 0.769. The molecule has 1 aromatic rings. The molecule has 1 aromatic carbocycles. The zero-order chi connectivity index (χ0) is 15.0. The third kappa shape index (κ3) is 5.59. The van der Waals surface area contributed by atoms with E-state index in [1.54, 1.807) is 12.0 Å². The van der Waals surface area contributed by atoms with Gasteiger partial charge in [0, 0.05) is 20.1 Å². The van der Waals surface area contributed by atoms with Crippen LogP contribution in [-0.4, -0.2) is 56.5 Å². The summed E-state index contributed by atoms with van der Waals surface area (Å²) in [5.41, 5.74) is 6.60. The molecule has 5 heteroatoms. The average Bonchev–Trinajstić information content (AvgIpc) is 2.45. The van der Waals surface area contributed by atoms with E-state index in [1.165, 1.54) is 0 Å². The van der Waals surface area contributed by atoms with Gasteiger partial charge in [0.25, 0.3) is 0 Å². The molecule has 1 rings (SSSR count). The highest BCUT2D eigenvalue weighted by molar-refractivity contribution is 5.77. The van der Waals surface area contributed by atoms with E-state index in [0.29, 0.717) is 19.6 Å². The third-order valence-electron chi connectivity index (χ3n) is 3.14. The Morgan fingerprint density at radius 2 is 1.90 bits per heavy atom. The second-order valence-corrected chi connectivity index (χ2v) is 4.98.